The summed E-state index contributed by atoms with van der Waals surface area (Å²) >= 11 is 0. The summed E-state index contributed by atoms with van der Waals surface area (Å²) in [5.74, 6) is 0. The molecule has 4 nitrogen and oxygen atoms in total. The first kappa shape index (κ1) is 14.3. The summed E-state index contributed by atoms with van der Waals surface area (Å²) in [6, 6.07) is -0.0217. The Morgan fingerprint density at radius 2 is 1.88 bits per heavy atom. The lowest BCUT2D eigenvalue weighted by Crippen LogP contribution is -2.52. The number of nitrogens with one attached hydrogen (secondary N) is 2. The van der Waals surface area contributed by atoms with Crippen LogP contribution in [-0.4, -0.2) is 43.7 Å². The Kier molecular flexibility index (Phi) is 5.75. The number of hydrogen-bond donors (Lipinski definition) is 2. The zero-order valence-electron chi connectivity index (χ0n) is 11.5. The van der Waals surface area contributed by atoms with Crippen molar-refractivity contribution in [3.8, 4) is 0 Å². The lowest BCUT2D eigenvalue weighted by atomic mass is 9.96. The number of unbranched alkanes of at least 4 members (excludes halogenated alkanes) is 1. The fourth-order valence-electron chi connectivity index (χ4n) is 2.50. The van der Waals surface area contributed by atoms with Crippen molar-refractivity contribution < 1.29 is 4.79 Å². The molecule has 0 aromatic heterocycles. The van der Waals surface area contributed by atoms with Crippen LogP contribution in [0.15, 0.2) is 0 Å². The first-order valence-electron chi connectivity index (χ1n) is 6.80. The summed E-state index contributed by atoms with van der Waals surface area (Å²) < 4.78 is 0. The summed E-state index contributed by atoms with van der Waals surface area (Å²) in [5, 5.41) is 5.91. The predicted molar refractivity (Wildman–Crippen MR) is 71.2 cm³/mol. The third kappa shape index (κ3) is 4.19. The highest BCUT2D eigenvalue weighted by Crippen LogP contribution is 2.32. The molecule has 1 fully saturated rings. The molecule has 0 aromatic carbocycles. The minimum absolute atomic E-state index is 0.0217. The third-order valence-corrected chi connectivity index (χ3v) is 3.88. The summed E-state index contributed by atoms with van der Waals surface area (Å²) in [6.45, 7) is 3.66. The molecule has 0 atom stereocenters. The summed E-state index contributed by atoms with van der Waals surface area (Å²) in [7, 11) is 4.23. The van der Waals surface area contributed by atoms with Gasteiger partial charge in [-0.15, -0.1) is 0 Å². The Morgan fingerprint density at radius 3 is 2.41 bits per heavy atom. The Labute approximate surface area is 105 Å². The summed E-state index contributed by atoms with van der Waals surface area (Å²) in [5.41, 5.74) is 0.183. The molecule has 1 aliphatic rings. The van der Waals surface area contributed by atoms with Gasteiger partial charge in [-0.2, -0.15) is 0 Å². The monoisotopic (exact) mass is 241 g/mol. The minimum atomic E-state index is -0.0217. The van der Waals surface area contributed by atoms with Crippen molar-refractivity contribution in [2.45, 2.75) is 51.0 Å². The van der Waals surface area contributed by atoms with Crippen molar-refractivity contribution in [3.05, 3.63) is 0 Å². The standard InChI is InChI=1S/C13H27N3O/c1-4-5-10-14-12(17)15-11-13(16(2)3)8-6-7-9-13/h4-11H2,1-3H3,(H2,14,15,17). The van der Waals surface area contributed by atoms with Gasteiger partial charge in [0.1, 0.15) is 0 Å². The minimum Gasteiger partial charge on any atom is -0.338 e. The van der Waals surface area contributed by atoms with Gasteiger partial charge in [0.15, 0.2) is 0 Å². The number of rotatable bonds is 6. The van der Waals surface area contributed by atoms with Crippen LogP contribution >= 0.6 is 0 Å². The molecule has 0 aromatic rings. The molecule has 2 N–H and O–H groups in total. The van der Waals surface area contributed by atoms with Crippen LogP contribution in [0.1, 0.15) is 45.4 Å². The van der Waals surface area contributed by atoms with Crippen molar-refractivity contribution >= 4 is 6.03 Å². The van der Waals surface area contributed by atoms with E-state index in [4.69, 9.17) is 0 Å². The van der Waals surface area contributed by atoms with E-state index in [0.29, 0.717) is 0 Å². The molecule has 1 aliphatic carbocycles. The van der Waals surface area contributed by atoms with E-state index >= 15 is 0 Å². The first-order chi connectivity index (χ1) is 8.10. The van der Waals surface area contributed by atoms with Gasteiger partial charge >= 0.3 is 6.03 Å². The number of likely N-dealkylation sites (N-methyl/N-ethyl adjacent to an activating group) is 1. The average Bonchev–Trinajstić information content (AvgIpc) is 2.77. The predicted octanol–water partition coefficient (Wildman–Crippen LogP) is 1.96. The van der Waals surface area contributed by atoms with Gasteiger partial charge in [0.2, 0.25) is 0 Å². The molecule has 0 heterocycles. The third-order valence-electron chi connectivity index (χ3n) is 3.88. The molecular weight excluding hydrogens is 214 g/mol. The number of carbonyl (C=O) groups excluding carboxylic acids is 1. The van der Waals surface area contributed by atoms with E-state index in [1.807, 2.05) is 0 Å². The van der Waals surface area contributed by atoms with Crippen molar-refractivity contribution in [2.24, 2.45) is 0 Å². The lowest BCUT2D eigenvalue weighted by Gasteiger charge is -2.36. The molecule has 17 heavy (non-hydrogen) atoms. The molecular formula is C13H27N3O. The fraction of sp³-hybridized carbons (Fsp3) is 0.923. The largest absolute Gasteiger partial charge is 0.338 e. The molecule has 0 unspecified atom stereocenters. The maximum absolute atomic E-state index is 11.6. The maximum atomic E-state index is 11.6. The second kappa shape index (κ2) is 6.84. The van der Waals surface area contributed by atoms with Crippen LogP contribution in [0, 0.1) is 0 Å². The van der Waals surface area contributed by atoms with Crippen molar-refractivity contribution in [2.75, 3.05) is 27.2 Å². The quantitative estimate of drug-likeness (QED) is 0.698. The van der Waals surface area contributed by atoms with E-state index in [-0.39, 0.29) is 11.6 Å². The molecule has 0 bridgehead atoms. The first-order valence-corrected chi connectivity index (χ1v) is 6.80. The lowest BCUT2D eigenvalue weighted by molar-refractivity contribution is 0.154. The molecule has 0 radical (unpaired) electrons. The van der Waals surface area contributed by atoms with Gasteiger partial charge in [-0.25, -0.2) is 4.79 Å². The van der Waals surface area contributed by atoms with Crippen molar-refractivity contribution in [1.82, 2.24) is 15.5 Å². The number of hydrogen-bond acceptors (Lipinski definition) is 2. The van der Waals surface area contributed by atoms with Gasteiger partial charge in [0.25, 0.3) is 0 Å². The van der Waals surface area contributed by atoms with Crippen LogP contribution in [0.25, 0.3) is 0 Å². The van der Waals surface area contributed by atoms with Gasteiger partial charge in [-0.1, -0.05) is 26.2 Å². The van der Waals surface area contributed by atoms with E-state index in [1.165, 1.54) is 25.7 Å². The Bertz CT molecular complexity index is 235. The number of nitrogens with zero attached hydrogens (tertiary/aromatic N) is 1. The highest BCUT2D eigenvalue weighted by molar-refractivity contribution is 5.73. The zero-order chi connectivity index (χ0) is 12.7. The van der Waals surface area contributed by atoms with Gasteiger partial charge in [-0.3, -0.25) is 0 Å². The van der Waals surface area contributed by atoms with E-state index in [1.54, 1.807) is 0 Å². The normalized spacial score (nSPS) is 18.4. The van der Waals surface area contributed by atoms with Crippen molar-refractivity contribution in [1.29, 1.82) is 0 Å². The van der Waals surface area contributed by atoms with Crippen LogP contribution in [-0.2, 0) is 0 Å². The Morgan fingerprint density at radius 1 is 1.24 bits per heavy atom. The van der Waals surface area contributed by atoms with Gasteiger partial charge < -0.3 is 15.5 Å². The number of amides is 2. The molecule has 1 saturated carbocycles. The van der Waals surface area contributed by atoms with Gasteiger partial charge in [0, 0.05) is 18.6 Å². The molecule has 1 rings (SSSR count). The highest BCUT2D eigenvalue weighted by atomic mass is 16.2. The second-order valence-electron chi connectivity index (χ2n) is 5.29. The van der Waals surface area contributed by atoms with E-state index in [0.717, 1.165) is 25.9 Å². The van der Waals surface area contributed by atoms with Crippen molar-refractivity contribution in [3.63, 3.8) is 0 Å². The molecule has 2 amide bonds. The van der Waals surface area contributed by atoms with Crippen LogP contribution in [0.2, 0.25) is 0 Å². The molecule has 0 aliphatic heterocycles. The zero-order valence-corrected chi connectivity index (χ0v) is 11.5. The van der Waals surface area contributed by atoms with E-state index in [2.05, 4.69) is 36.6 Å². The van der Waals surface area contributed by atoms with E-state index < -0.39 is 0 Å². The molecule has 4 heteroatoms. The van der Waals surface area contributed by atoms with Crippen LogP contribution < -0.4 is 10.6 Å². The number of urea groups is 1. The summed E-state index contributed by atoms with van der Waals surface area (Å²) in [6.07, 6.45) is 7.09. The smallest absolute Gasteiger partial charge is 0.314 e. The SMILES string of the molecule is CCCCNC(=O)NCC1(N(C)C)CCCC1. The van der Waals surface area contributed by atoms with Gasteiger partial charge in [0.05, 0.1) is 0 Å². The fourth-order valence-corrected chi connectivity index (χ4v) is 2.50. The van der Waals surface area contributed by atoms with Crippen LogP contribution in [0.5, 0.6) is 0 Å². The maximum Gasteiger partial charge on any atom is 0.314 e. The Hall–Kier alpha value is -0.770. The topological polar surface area (TPSA) is 44.4 Å². The van der Waals surface area contributed by atoms with Crippen LogP contribution in [0.3, 0.4) is 0 Å². The second-order valence-corrected chi connectivity index (χ2v) is 5.29. The van der Waals surface area contributed by atoms with E-state index in [9.17, 15) is 4.79 Å². The molecule has 0 spiro atoms. The molecule has 100 valence electrons. The van der Waals surface area contributed by atoms with Crippen LogP contribution in [0.4, 0.5) is 4.79 Å². The molecule has 0 saturated heterocycles. The summed E-state index contributed by atoms with van der Waals surface area (Å²) in [4.78, 5) is 13.9. The Balaban J connectivity index is 2.30. The van der Waals surface area contributed by atoms with Gasteiger partial charge in [-0.05, 0) is 33.4 Å². The average molecular weight is 241 g/mol. The highest BCUT2D eigenvalue weighted by Gasteiger charge is 2.35. The number of carbonyl (C=O) groups is 1.